The van der Waals surface area contributed by atoms with Crippen molar-refractivity contribution in [2.45, 2.75) is 26.3 Å². The van der Waals surface area contributed by atoms with Crippen LogP contribution in [0.5, 0.6) is 0 Å². The molecule has 0 aliphatic rings. The highest BCUT2D eigenvalue weighted by Gasteiger charge is 2.09. The van der Waals surface area contributed by atoms with E-state index in [1.165, 1.54) is 6.20 Å². The van der Waals surface area contributed by atoms with Crippen molar-refractivity contribution >= 4 is 17.4 Å². The van der Waals surface area contributed by atoms with Gasteiger partial charge in [0, 0.05) is 12.5 Å². The molecule has 84 valence electrons. The number of primary amides is 1. The summed E-state index contributed by atoms with van der Waals surface area (Å²) >= 11 is 0. The van der Waals surface area contributed by atoms with Gasteiger partial charge in [0.2, 0.25) is 5.91 Å². The van der Waals surface area contributed by atoms with Crippen LogP contribution in [0, 0.1) is 5.92 Å². The Labute approximate surface area is 88.4 Å². The molecule has 0 radical (unpaired) electrons. The molecule has 0 spiro atoms. The lowest BCUT2D eigenvalue weighted by Gasteiger charge is -2.07. The predicted molar refractivity (Wildman–Crippen MR) is 58.6 cm³/mol. The maximum Gasteiger partial charge on any atom is 0.220 e. The second-order valence-corrected chi connectivity index (χ2v) is 3.65. The third-order valence-corrected chi connectivity index (χ3v) is 2.40. The third-order valence-electron chi connectivity index (χ3n) is 2.40. The number of aryl methyl sites for hydroxylation is 1. The number of nitrogens with two attached hydrogens (primary N) is 3. The van der Waals surface area contributed by atoms with E-state index in [1.54, 1.807) is 4.68 Å². The molecule has 6 nitrogen and oxygen atoms in total. The monoisotopic (exact) mass is 211 g/mol. The fourth-order valence-corrected chi connectivity index (χ4v) is 1.28. The molecule has 6 heteroatoms. The molecule has 0 fully saturated rings. The Morgan fingerprint density at radius 3 is 2.73 bits per heavy atom. The van der Waals surface area contributed by atoms with E-state index in [9.17, 15) is 4.79 Å². The highest BCUT2D eigenvalue weighted by atomic mass is 16.1. The molecule has 1 aromatic heterocycles. The lowest BCUT2D eigenvalue weighted by molar-refractivity contribution is -0.121. The van der Waals surface area contributed by atoms with Gasteiger partial charge >= 0.3 is 0 Å². The molecule has 1 aromatic rings. The molecule has 1 amide bonds. The van der Waals surface area contributed by atoms with Gasteiger partial charge in [0.05, 0.1) is 11.9 Å². The summed E-state index contributed by atoms with van der Waals surface area (Å²) in [6, 6.07) is 0. The van der Waals surface area contributed by atoms with Crippen molar-refractivity contribution < 1.29 is 4.79 Å². The van der Waals surface area contributed by atoms with Crippen molar-refractivity contribution in [1.29, 1.82) is 0 Å². The van der Waals surface area contributed by atoms with Crippen LogP contribution < -0.4 is 17.2 Å². The number of anilines is 2. The van der Waals surface area contributed by atoms with Crippen LogP contribution in [0.3, 0.4) is 0 Å². The van der Waals surface area contributed by atoms with Crippen molar-refractivity contribution in [2.24, 2.45) is 11.7 Å². The van der Waals surface area contributed by atoms with Crippen molar-refractivity contribution in [3.8, 4) is 0 Å². The first kappa shape index (κ1) is 11.4. The van der Waals surface area contributed by atoms with E-state index >= 15 is 0 Å². The van der Waals surface area contributed by atoms with Crippen LogP contribution in [0.15, 0.2) is 6.20 Å². The number of amides is 1. The Bertz CT molecular complexity index is 346. The first-order valence-corrected chi connectivity index (χ1v) is 4.88. The summed E-state index contributed by atoms with van der Waals surface area (Å²) in [5.74, 6) is 0.0869. The molecule has 0 saturated carbocycles. The fraction of sp³-hybridized carbons (Fsp3) is 0.556. The number of carbonyl (C=O) groups is 1. The van der Waals surface area contributed by atoms with E-state index in [2.05, 4.69) is 5.10 Å². The van der Waals surface area contributed by atoms with E-state index in [-0.39, 0.29) is 11.8 Å². The van der Waals surface area contributed by atoms with Gasteiger partial charge in [-0.3, -0.25) is 4.79 Å². The maximum absolute atomic E-state index is 10.8. The highest BCUT2D eigenvalue weighted by molar-refractivity contribution is 5.76. The summed E-state index contributed by atoms with van der Waals surface area (Å²) in [6.45, 7) is 2.46. The zero-order chi connectivity index (χ0) is 11.4. The number of carbonyl (C=O) groups excluding carboxylic acids is 1. The maximum atomic E-state index is 10.8. The number of nitrogens with zero attached hydrogens (tertiary/aromatic N) is 2. The minimum absolute atomic E-state index is 0.112. The number of hydrogen-bond acceptors (Lipinski definition) is 4. The van der Waals surface area contributed by atoms with E-state index in [0.29, 0.717) is 18.1 Å². The topological polar surface area (TPSA) is 113 Å². The number of rotatable bonds is 5. The van der Waals surface area contributed by atoms with E-state index in [0.717, 1.165) is 12.8 Å². The van der Waals surface area contributed by atoms with Gasteiger partial charge in [-0.2, -0.15) is 5.10 Å². The SMILES string of the molecule is CC(CCCn1ncc(N)c1N)C(N)=O. The summed E-state index contributed by atoms with van der Waals surface area (Å²) < 4.78 is 1.63. The van der Waals surface area contributed by atoms with Crippen molar-refractivity contribution in [3.05, 3.63) is 6.20 Å². The van der Waals surface area contributed by atoms with Gasteiger partial charge in [-0.1, -0.05) is 6.92 Å². The summed E-state index contributed by atoms with van der Waals surface area (Å²) in [5.41, 5.74) is 16.8. The van der Waals surface area contributed by atoms with Crippen LogP contribution in [0.25, 0.3) is 0 Å². The zero-order valence-electron chi connectivity index (χ0n) is 8.81. The van der Waals surface area contributed by atoms with Gasteiger partial charge in [-0.15, -0.1) is 0 Å². The zero-order valence-corrected chi connectivity index (χ0v) is 8.81. The van der Waals surface area contributed by atoms with E-state index in [1.807, 2.05) is 6.92 Å². The molecular formula is C9H17N5O. The van der Waals surface area contributed by atoms with Gasteiger partial charge in [0.1, 0.15) is 5.82 Å². The number of hydrogen-bond donors (Lipinski definition) is 3. The molecule has 1 unspecified atom stereocenters. The van der Waals surface area contributed by atoms with Crippen LogP contribution in [0.2, 0.25) is 0 Å². The quantitative estimate of drug-likeness (QED) is 0.633. The molecule has 0 aliphatic heterocycles. The lowest BCUT2D eigenvalue weighted by atomic mass is 10.1. The Hall–Kier alpha value is -1.72. The average Bonchev–Trinajstić information content (AvgIpc) is 2.49. The van der Waals surface area contributed by atoms with Crippen LogP contribution in [-0.2, 0) is 11.3 Å². The van der Waals surface area contributed by atoms with Crippen LogP contribution >= 0.6 is 0 Å². The normalized spacial score (nSPS) is 12.6. The van der Waals surface area contributed by atoms with Gasteiger partial charge in [-0.05, 0) is 12.8 Å². The minimum atomic E-state index is -0.275. The summed E-state index contributed by atoms with van der Waals surface area (Å²) in [4.78, 5) is 10.8. The molecule has 6 N–H and O–H groups in total. The lowest BCUT2D eigenvalue weighted by Crippen LogP contribution is -2.20. The van der Waals surface area contributed by atoms with Crippen LogP contribution in [-0.4, -0.2) is 15.7 Å². The van der Waals surface area contributed by atoms with Crippen LogP contribution in [0.4, 0.5) is 11.5 Å². The molecular weight excluding hydrogens is 194 g/mol. The van der Waals surface area contributed by atoms with Gasteiger partial charge in [-0.25, -0.2) is 4.68 Å². The average molecular weight is 211 g/mol. The second-order valence-electron chi connectivity index (χ2n) is 3.65. The first-order valence-electron chi connectivity index (χ1n) is 4.88. The van der Waals surface area contributed by atoms with Crippen LogP contribution in [0.1, 0.15) is 19.8 Å². The number of nitrogen functional groups attached to an aromatic ring is 2. The Morgan fingerprint density at radius 1 is 1.60 bits per heavy atom. The molecule has 0 aromatic carbocycles. The molecule has 0 bridgehead atoms. The molecule has 1 heterocycles. The summed E-state index contributed by atoms with van der Waals surface area (Å²) in [5, 5.41) is 4.01. The molecule has 1 rings (SSSR count). The minimum Gasteiger partial charge on any atom is -0.394 e. The predicted octanol–water partition coefficient (Wildman–Crippen LogP) is -0.0509. The molecule has 0 saturated heterocycles. The van der Waals surface area contributed by atoms with Crippen molar-refractivity contribution in [1.82, 2.24) is 9.78 Å². The standard InChI is InChI=1S/C9H17N5O/c1-6(9(12)15)3-2-4-14-8(11)7(10)5-13-14/h5-6H,2-4,10-11H2,1H3,(H2,12,15). The Balaban J connectivity index is 2.38. The summed E-state index contributed by atoms with van der Waals surface area (Å²) in [6.07, 6.45) is 3.05. The Kier molecular flexibility index (Phi) is 3.54. The number of aromatic nitrogens is 2. The first-order chi connectivity index (χ1) is 7.02. The van der Waals surface area contributed by atoms with E-state index in [4.69, 9.17) is 17.2 Å². The fourth-order valence-electron chi connectivity index (χ4n) is 1.28. The molecule has 0 aliphatic carbocycles. The Morgan fingerprint density at radius 2 is 2.27 bits per heavy atom. The van der Waals surface area contributed by atoms with Gasteiger partial charge < -0.3 is 17.2 Å². The van der Waals surface area contributed by atoms with Gasteiger partial charge in [0.25, 0.3) is 0 Å². The van der Waals surface area contributed by atoms with E-state index < -0.39 is 0 Å². The molecule has 1 atom stereocenters. The third kappa shape index (κ3) is 2.87. The van der Waals surface area contributed by atoms with Gasteiger partial charge in [0.15, 0.2) is 0 Å². The summed E-state index contributed by atoms with van der Waals surface area (Å²) in [7, 11) is 0. The smallest absolute Gasteiger partial charge is 0.220 e. The second kappa shape index (κ2) is 4.68. The molecule has 15 heavy (non-hydrogen) atoms. The largest absolute Gasteiger partial charge is 0.394 e. The van der Waals surface area contributed by atoms with Crippen molar-refractivity contribution in [3.63, 3.8) is 0 Å². The highest BCUT2D eigenvalue weighted by Crippen LogP contribution is 2.14. The van der Waals surface area contributed by atoms with Crippen molar-refractivity contribution in [2.75, 3.05) is 11.5 Å².